The van der Waals surface area contributed by atoms with Gasteiger partial charge in [-0.2, -0.15) is 0 Å². The van der Waals surface area contributed by atoms with E-state index in [2.05, 4.69) is 15.2 Å². The number of rotatable bonds is 5. The first kappa shape index (κ1) is 20.6. The van der Waals surface area contributed by atoms with Crippen molar-refractivity contribution in [2.24, 2.45) is 5.92 Å². The van der Waals surface area contributed by atoms with Gasteiger partial charge in [-0.1, -0.05) is 11.6 Å². The van der Waals surface area contributed by atoms with Crippen LogP contribution in [0.25, 0.3) is 0 Å². The standard InChI is InChI=1S/C22H24ClN3O4/c1-14(22(28)25-20-5-3-17(23)13-24-20)26-8-6-15(7-9-26)21(27)16-2-4-18-19(12-16)30-11-10-29-18/h2-5,12-15H,6-11H2,1H3,(H,24,25,28). The summed E-state index contributed by atoms with van der Waals surface area (Å²) in [5, 5.41) is 3.33. The van der Waals surface area contributed by atoms with Gasteiger partial charge in [0.15, 0.2) is 17.3 Å². The number of amides is 1. The SMILES string of the molecule is CC(C(=O)Nc1ccc(Cl)cn1)N1CCC(C(=O)c2ccc3c(c2)OCCO3)CC1. The van der Waals surface area contributed by atoms with Gasteiger partial charge in [0.1, 0.15) is 19.0 Å². The van der Waals surface area contributed by atoms with E-state index in [4.69, 9.17) is 21.1 Å². The second-order valence-corrected chi connectivity index (χ2v) is 8.00. The number of benzene rings is 1. The van der Waals surface area contributed by atoms with Crippen molar-refractivity contribution in [2.45, 2.75) is 25.8 Å². The average molecular weight is 430 g/mol. The minimum Gasteiger partial charge on any atom is -0.486 e. The molecule has 1 N–H and O–H groups in total. The highest BCUT2D eigenvalue weighted by molar-refractivity contribution is 6.30. The Morgan fingerprint density at radius 2 is 1.87 bits per heavy atom. The zero-order valence-corrected chi connectivity index (χ0v) is 17.5. The lowest BCUT2D eigenvalue weighted by atomic mass is 9.88. The van der Waals surface area contributed by atoms with Gasteiger partial charge in [0.05, 0.1) is 11.1 Å². The lowest BCUT2D eigenvalue weighted by Crippen LogP contribution is -2.47. The molecule has 1 atom stereocenters. The zero-order chi connectivity index (χ0) is 21.1. The zero-order valence-electron chi connectivity index (χ0n) is 16.8. The summed E-state index contributed by atoms with van der Waals surface area (Å²) in [6.07, 6.45) is 2.92. The number of nitrogens with one attached hydrogen (secondary N) is 1. The molecule has 1 fully saturated rings. The molecule has 1 aromatic carbocycles. The van der Waals surface area contributed by atoms with Crippen LogP contribution in [-0.4, -0.2) is 53.9 Å². The van der Waals surface area contributed by atoms with E-state index in [1.807, 2.05) is 6.92 Å². The first-order valence-corrected chi connectivity index (χ1v) is 10.5. The third-order valence-corrected chi connectivity index (χ3v) is 5.86. The molecule has 1 saturated heterocycles. The molecule has 3 heterocycles. The first-order valence-electron chi connectivity index (χ1n) is 10.1. The Balaban J connectivity index is 1.32. The van der Waals surface area contributed by atoms with Gasteiger partial charge < -0.3 is 14.8 Å². The second-order valence-electron chi connectivity index (χ2n) is 7.56. The fourth-order valence-corrected chi connectivity index (χ4v) is 3.94. The molecule has 4 rings (SSSR count). The Bertz CT molecular complexity index is 926. The highest BCUT2D eigenvalue weighted by atomic mass is 35.5. The molecule has 0 bridgehead atoms. The Morgan fingerprint density at radius 1 is 1.13 bits per heavy atom. The number of hydrogen-bond donors (Lipinski definition) is 1. The van der Waals surface area contributed by atoms with Gasteiger partial charge in [0, 0.05) is 17.7 Å². The molecular weight excluding hydrogens is 406 g/mol. The first-order chi connectivity index (χ1) is 14.5. The number of anilines is 1. The Labute approximate surface area is 180 Å². The number of carbonyl (C=O) groups is 2. The molecule has 1 amide bonds. The quantitative estimate of drug-likeness (QED) is 0.733. The third kappa shape index (κ3) is 4.57. The van der Waals surface area contributed by atoms with Crippen molar-refractivity contribution in [3.63, 3.8) is 0 Å². The minimum absolute atomic E-state index is 0.0583. The fraction of sp³-hybridized carbons (Fsp3) is 0.409. The predicted molar refractivity (Wildman–Crippen MR) is 113 cm³/mol. The fourth-order valence-electron chi connectivity index (χ4n) is 3.83. The molecule has 0 radical (unpaired) electrons. The van der Waals surface area contributed by atoms with Gasteiger partial charge >= 0.3 is 0 Å². The number of likely N-dealkylation sites (tertiary alicyclic amines) is 1. The number of fused-ring (bicyclic) bond motifs is 1. The topological polar surface area (TPSA) is 80.8 Å². The molecule has 0 aliphatic carbocycles. The molecule has 1 aromatic heterocycles. The number of carbonyl (C=O) groups excluding carboxylic acids is 2. The molecule has 2 aliphatic rings. The number of pyridine rings is 1. The number of aromatic nitrogens is 1. The molecule has 0 saturated carbocycles. The van der Waals surface area contributed by atoms with Crippen molar-refractivity contribution in [2.75, 3.05) is 31.6 Å². The number of halogens is 1. The van der Waals surface area contributed by atoms with Gasteiger partial charge in [-0.05, 0) is 63.2 Å². The predicted octanol–water partition coefficient (Wildman–Crippen LogP) is 3.43. The van der Waals surface area contributed by atoms with E-state index in [-0.39, 0.29) is 23.7 Å². The largest absolute Gasteiger partial charge is 0.486 e. The van der Waals surface area contributed by atoms with Crippen molar-refractivity contribution < 1.29 is 19.1 Å². The molecular formula is C22H24ClN3O4. The van der Waals surface area contributed by atoms with Crippen LogP contribution in [0.1, 0.15) is 30.1 Å². The van der Waals surface area contributed by atoms with Gasteiger partial charge in [-0.25, -0.2) is 4.98 Å². The highest BCUT2D eigenvalue weighted by Gasteiger charge is 2.30. The van der Waals surface area contributed by atoms with E-state index in [1.54, 1.807) is 30.3 Å². The van der Waals surface area contributed by atoms with Crippen LogP contribution in [0.5, 0.6) is 11.5 Å². The smallest absolute Gasteiger partial charge is 0.242 e. The monoisotopic (exact) mass is 429 g/mol. The van der Waals surface area contributed by atoms with Gasteiger partial charge in [0.25, 0.3) is 0 Å². The highest BCUT2D eigenvalue weighted by Crippen LogP contribution is 2.32. The second kappa shape index (κ2) is 9.02. The average Bonchev–Trinajstić information content (AvgIpc) is 2.79. The summed E-state index contributed by atoms with van der Waals surface area (Å²) in [6, 6.07) is 8.42. The van der Waals surface area contributed by atoms with Crippen LogP contribution in [0.3, 0.4) is 0 Å². The summed E-state index contributed by atoms with van der Waals surface area (Å²) in [5.74, 6) is 1.72. The van der Waals surface area contributed by atoms with Crippen LogP contribution in [0.2, 0.25) is 5.02 Å². The van der Waals surface area contributed by atoms with E-state index >= 15 is 0 Å². The van der Waals surface area contributed by atoms with Crippen LogP contribution >= 0.6 is 11.6 Å². The summed E-state index contributed by atoms with van der Waals surface area (Å²) in [4.78, 5) is 31.7. The van der Waals surface area contributed by atoms with Crippen molar-refractivity contribution in [3.05, 3.63) is 47.1 Å². The molecule has 30 heavy (non-hydrogen) atoms. The van der Waals surface area contributed by atoms with E-state index in [9.17, 15) is 9.59 Å². The van der Waals surface area contributed by atoms with Crippen LogP contribution in [0.15, 0.2) is 36.5 Å². The summed E-state index contributed by atoms with van der Waals surface area (Å²) in [5.41, 5.74) is 0.650. The molecule has 1 unspecified atom stereocenters. The Morgan fingerprint density at radius 3 is 2.57 bits per heavy atom. The molecule has 158 valence electrons. The van der Waals surface area contributed by atoms with Crippen LogP contribution < -0.4 is 14.8 Å². The normalized spacial score (nSPS) is 17.9. The minimum atomic E-state index is -0.312. The Hall–Kier alpha value is -2.64. The molecule has 2 aromatic rings. The summed E-state index contributed by atoms with van der Waals surface area (Å²) in [6.45, 7) is 4.26. The lowest BCUT2D eigenvalue weighted by molar-refractivity contribution is -0.121. The Kier molecular flexibility index (Phi) is 6.20. The summed E-state index contributed by atoms with van der Waals surface area (Å²) < 4.78 is 11.1. The number of ketones is 1. The van der Waals surface area contributed by atoms with Crippen LogP contribution in [-0.2, 0) is 4.79 Å². The van der Waals surface area contributed by atoms with Gasteiger partial charge in [-0.15, -0.1) is 0 Å². The van der Waals surface area contributed by atoms with Crippen molar-refractivity contribution in [3.8, 4) is 11.5 Å². The third-order valence-electron chi connectivity index (χ3n) is 5.63. The van der Waals surface area contributed by atoms with E-state index in [0.717, 1.165) is 0 Å². The molecule has 0 spiro atoms. The van der Waals surface area contributed by atoms with Crippen molar-refractivity contribution in [1.82, 2.24) is 9.88 Å². The molecule has 2 aliphatic heterocycles. The number of ether oxygens (including phenoxy) is 2. The van der Waals surface area contributed by atoms with Gasteiger partial charge in [-0.3, -0.25) is 14.5 Å². The van der Waals surface area contributed by atoms with Gasteiger partial charge in [0.2, 0.25) is 5.91 Å². The number of nitrogens with zero attached hydrogens (tertiary/aromatic N) is 2. The van der Waals surface area contributed by atoms with Crippen LogP contribution in [0, 0.1) is 5.92 Å². The van der Waals surface area contributed by atoms with E-state index in [0.29, 0.717) is 67.0 Å². The number of hydrogen-bond acceptors (Lipinski definition) is 6. The maximum atomic E-state index is 13.0. The molecule has 7 nitrogen and oxygen atoms in total. The summed E-state index contributed by atoms with van der Waals surface area (Å²) >= 11 is 5.83. The maximum Gasteiger partial charge on any atom is 0.242 e. The lowest BCUT2D eigenvalue weighted by Gasteiger charge is -2.34. The van der Waals surface area contributed by atoms with Crippen molar-refractivity contribution >= 4 is 29.1 Å². The molecule has 8 heteroatoms. The number of piperidine rings is 1. The van der Waals surface area contributed by atoms with E-state index in [1.165, 1.54) is 6.20 Å². The number of Topliss-reactive ketones (excluding diaryl/α,β-unsaturated/α-hetero) is 1. The van der Waals surface area contributed by atoms with E-state index < -0.39 is 0 Å². The maximum absolute atomic E-state index is 13.0. The van der Waals surface area contributed by atoms with Crippen LogP contribution in [0.4, 0.5) is 5.82 Å². The van der Waals surface area contributed by atoms with Crippen molar-refractivity contribution in [1.29, 1.82) is 0 Å². The summed E-state index contributed by atoms with van der Waals surface area (Å²) in [7, 11) is 0.